The van der Waals surface area contributed by atoms with E-state index >= 15 is 0 Å². The van der Waals surface area contributed by atoms with Gasteiger partial charge in [0.2, 0.25) is 0 Å². The molecule has 176 valence electrons. The van der Waals surface area contributed by atoms with Gasteiger partial charge in [0, 0.05) is 22.5 Å². The van der Waals surface area contributed by atoms with Crippen molar-refractivity contribution in [3.63, 3.8) is 0 Å². The van der Waals surface area contributed by atoms with E-state index in [-0.39, 0.29) is 12.4 Å². The molecule has 1 atom stereocenters. The molecule has 1 aliphatic heterocycles. The lowest BCUT2D eigenvalue weighted by Gasteiger charge is -2.26. The van der Waals surface area contributed by atoms with E-state index in [0.29, 0.717) is 11.7 Å². The standard InChI is InChI=1S/C27H31NO3S.ClH/c29-21-9-14-24-25(19-21)32-27(20-7-3-1-4-8-20)26(24)31-23-12-10-22(11-13-23)30-18-17-28-15-5-2-6-16-28;/h3,7,9-14,19-20,29H,1-2,4-6,8,15-18H2;1H. The van der Waals surface area contributed by atoms with Crippen molar-refractivity contribution in [2.75, 3.05) is 26.2 Å². The van der Waals surface area contributed by atoms with Gasteiger partial charge in [-0.1, -0.05) is 18.6 Å². The van der Waals surface area contributed by atoms with Crippen LogP contribution in [0.2, 0.25) is 0 Å². The summed E-state index contributed by atoms with van der Waals surface area (Å²) in [7, 11) is 0. The van der Waals surface area contributed by atoms with E-state index in [2.05, 4.69) is 17.1 Å². The number of phenolic OH excluding ortho intramolecular Hbond substituents is 1. The minimum atomic E-state index is 0. The van der Waals surface area contributed by atoms with Crippen LogP contribution in [0.5, 0.6) is 23.0 Å². The minimum absolute atomic E-state index is 0. The second-order valence-corrected chi connectivity index (χ2v) is 9.85. The van der Waals surface area contributed by atoms with Crippen molar-refractivity contribution >= 4 is 33.8 Å². The molecule has 0 bridgehead atoms. The van der Waals surface area contributed by atoms with Gasteiger partial charge in [0.1, 0.15) is 29.6 Å². The van der Waals surface area contributed by atoms with Crippen LogP contribution < -0.4 is 9.47 Å². The molecule has 2 aliphatic rings. The predicted octanol–water partition coefficient (Wildman–Crippen LogP) is 7.51. The number of nitrogens with zero attached hydrogens (tertiary/aromatic N) is 1. The molecule has 1 unspecified atom stereocenters. The van der Waals surface area contributed by atoms with Gasteiger partial charge in [0.05, 0.1) is 4.88 Å². The fourth-order valence-corrected chi connectivity index (χ4v) is 5.94. The smallest absolute Gasteiger partial charge is 0.149 e. The Labute approximate surface area is 206 Å². The zero-order chi connectivity index (χ0) is 21.8. The number of halogens is 1. The predicted molar refractivity (Wildman–Crippen MR) is 139 cm³/mol. The molecule has 0 spiro atoms. The molecular formula is C27H32ClNO3S. The first-order valence-corrected chi connectivity index (χ1v) is 12.6. The van der Waals surface area contributed by atoms with Crippen LogP contribution in [0, 0.1) is 0 Å². The lowest BCUT2D eigenvalue weighted by molar-refractivity contribution is 0.183. The van der Waals surface area contributed by atoms with Crippen LogP contribution in [0.1, 0.15) is 49.3 Å². The normalized spacial score (nSPS) is 18.7. The topological polar surface area (TPSA) is 41.9 Å². The lowest BCUT2D eigenvalue weighted by Crippen LogP contribution is -2.33. The van der Waals surface area contributed by atoms with Crippen molar-refractivity contribution in [1.82, 2.24) is 4.90 Å². The zero-order valence-corrected chi connectivity index (χ0v) is 20.5. The Kier molecular flexibility index (Phi) is 8.18. The molecule has 1 fully saturated rings. The monoisotopic (exact) mass is 485 g/mol. The Bertz CT molecular complexity index is 1070. The number of benzene rings is 2. The average Bonchev–Trinajstić information content (AvgIpc) is 3.18. The summed E-state index contributed by atoms with van der Waals surface area (Å²) in [5.41, 5.74) is 0. The molecule has 3 aromatic rings. The van der Waals surface area contributed by atoms with Gasteiger partial charge in [-0.3, -0.25) is 4.90 Å². The van der Waals surface area contributed by atoms with E-state index in [0.717, 1.165) is 53.3 Å². The molecule has 2 aromatic carbocycles. The van der Waals surface area contributed by atoms with Gasteiger partial charge in [0.25, 0.3) is 0 Å². The highest BCUT2D eigenvalue weighted by Gasteiger charge is 2.22. The molecule has 0 amide bonds. The maximum atomic E-state index is 9.95. The SMILES string of the molecule is Cl.Oc1ccc2c(Oc3ccc(OCCN4CCCCC4)cc3)c(C3C=CCCC3)sc2c1. The summed E-state index contributed by atoms with van der Waals surface area (Å²) in [5, 5.41) is 11.0. The average molecular weight is 486 g/mol. The summed E-state index contributed by atoms with van der Waals surface area (Å²) < 4.78 is 13.5. The van der Waals surface area contributed by atoms with Crippen LogP contribution in [-0.4, -0.2) is 36.2 Å². The second-order valence-electron chi connectivity index (χ2n) is 8.77. The highest BCUT2D eigenvalue weighted by atomic mass is 35.5. The van der Waals surface area contributed by atoms with Crippen LogP contribution in [0.4, 0.5) is 0 Å². The van der Waals surface area contributed by atoms with Gasteiger partial charge in [-0.25, -0.2) is 0 Å². The van der Waals surface area contributed by atoms with Gasteiger partial charge in [-0.15, -0.1) is 23.7 Å². The number of rotatable bonds is 7. The van der Waals surface area contributed by atoms with E-state index in [1.54, 1.807) is 17.4 Å². The Morgan fingerprint density at radius 1 is 0.970 bits per heavy atom. The largest absolute Gasteiger partial charge is 0.508 e. The van der Waals surface area contributed by atoms with E-state index in [1.807, 2.05) is 36.4 Å². The molecule has 0 saturated carbocycles. The molecule has 33 heavy (non-hydrogen) atoms. The molecule has 6 heteroatoms. The number of phenols is 1. The van der Waals surface area contributed by atoms with Crippen molar-refractivity contribution in [2.45, 2.75) is 44.4 Å². The zero-order valence-electron chi connectivity index (χ0n) is 18.9. The Hall–Kier alpha value is -2.21. The molecular weight excluding hydrogens is 454 g/mol. The quantitative estimate of drug-likeness (QED) is 0.351. The molecule has 4 nitrogen and oxygen atoms in total. The van der Waals surface area contributed by atoms with E-state index in [9.17, 15) is 5.11 Å². The molecule has 1 N–H and O–H groups in total. The van der Waals surface area contributed by atoms with Gasteiger partial charge in [-0.05, 0) is 87.7 Å². The van der Waals surface area contributed by atoms with Crippen molar-refractivity contribution in [3.8, 4) is 23.0 Å². The third-order valence-electron chi connectivity index (χ3n) is 6.41. The Morgan fingerprint density at radius 3 is 2.52 bits per heavy atom. The number of likely N-dealkylation sites (tertiary alicyclic amines) is 1. The number of piperidine rings is 1. The van der Waals surface area contributed by atoms with Gasteiger partial charge >= 0.3 is 0 Å². The molecule has 2 heterocycles. The van der Waals surface area contributed by atoms with E-state index in [1.165, 1.54) is 43.6 Å². The van der Waals surface area contributed by atoms with Gasteiger partial charge in [0.15, 0.2) is 0 Å². The van der Waals surface area contributed by atoms with Crippen LogP contribution in [0.3, 0.4) is 0 Å². The highest BCUT2D eigenvalue weighted by molar-refractivity contribution is 7.19. The number of aromatic hydroxyl groups is 1. The van der Waals surface area contributed by atoms with Crippen molar-refractivity contribution in [3.05, 3.63) is 59.5 Å². The summed E-state index contributed by atoms with van der Waals surface area (Å²) in [5.74, 6) is 3.27. The fourth-order valence-electron chi connectivity index (χ4n) is 4.66. The van der Waals surface area contributed by atoms with Crippen molar-refractivity contribution < 1.29 is 14.6 Å². The van der Waals surface area contributed by atoms with Crippen LogP contribution >= 0.6 is 23.7 Å². The Morgan fingerprint density at radius 2 is 1.76 bits per heavy atom. The van der Waals surface area contributed by atoms with Crippen LogP contribution in [0.15, 0.2) is 54.6 Å². The van der Waals surface area contributed by atoms with Crippen molar-refractivity contribution in [1.29, 1.82) is 0 Å². The lowest BCUT2D eigenvalue weighted by atomic mass is 9.94. The minimum Gasteiger partial charge on any atom is -0.508 e. The first-order chi connectivity index (χ1) is 15.8. The highest BCUT2D eigenvalue weighted by Crippen LogP contribution is 2.47. The van der Waals surface area contributed by atoms with Gasteiger partial charge < -0.3 is 14.6 Å². The van der Waals surface area contributed by atoms with Crippen LogP contribution in [-0.2, 0) is 0 Å². The van der Waals surface area contributed by atoms with Gasteiger partial charge in [-0.2, -0.15) is 0 Å². The number of hydrogen-bond donors (Lipinski definition) is 1. The number of fused-ring (bicyclic) bond motifs is 1. The summed E-state index contributed by atoms with van der Waals surface area (Å²) in [6.07, 6.45) is 12.0. The first-order valence-electron chi connectivity index (χ1n) is 11.8. The third kappa shape index (κ3) is 5.84. The first kappa shape index (κ1) is 23.9. The van der Waals surface area contributed by atoms with E-state index in [4.69, 9.17) is 9.47 Å². The molecule has 1 aromatic heterocycles. The summed E-state index contributed by atoms with van der Waals surface area (Å²) >= 11 is 1.73. The maximum absolute atomic E-state index is 9.95. The fraction of sp³-hybridized carbons (Fsp3) is 0.407. The summed E-state index contributed by atoms with van der Waals surface area (Å²) in [6, 6.07) is 13.5. The maximum Gasteiger partial charge on any atom is 0.149 e. The number of hydrogen-bond acceptors (Lipinski definition) is 5. The molecule has 1 aliphatic carbocycles. The summed E-state index contributed by atoms with van der Waals surface area (Å²) in [6.45, 7) is 4.10. The Balaban J connectivity index is 0.00000259. The number of ether oxygens (including phenoxy) is 2. The van der Waals surface area contributed by atoms with E-state index < -0.39 is 0 Å². The summed E-state index contributed by atoms with van der Waals surface area (Å²) in [4.78, 5) is 3.73. The molecule has 1 saturated heterocycles. The molecule has 0 radical (unpaired) electrons. The third-order valence-corrected chi connectivity index (χ3v) is 7.68. The second kappa shape index (κ2) is 11.3. The van der Waals surface area contributed by atoms with Crippen molar-refractivity contribution in [2.24, 2.45) is 0 Å². The molecule has 5 rings (SSSR count). The number of allylic oxidation sites excluding steroid dienone is 2. The van der Waals surface area contributed by atoms with Crippen LogP contribution in [0.25, 0.3) is 10.1 Å². The number of thiophene rings is 1.